The molecule has 1 heterocycles. The van der Waals surface area contributed by atoms with Crippen LogP contribution in [0.3, 0.4) is 0 Å². The van der Waals surface area contributed by atoms with Gasteiger partial charge in [0, 0.05) is 22.5 Å². The molecule has 3 aromatic rings. The van der Waals surface area contributed by atoms with E-state index >= 15 is 0 Å². The maximum atomic E-state index is 13.4. The number of fused-ring (bicyclic) bond motifs is 3. The molecule has 1 fully saturated rings. The third kappa shape index (κ3) is 1.87. The molecule has 0 amide bonds. The Balaban J connectivity index is 1.84. The highest BCUT2D eigenvalue weighted by Crippen LogP contribution is 2.55. The normalized spacial score (nSPS) is 25.8. The summed E-state index contributed by atoms with van der Waals surface area (Å²) in [6.45, 7) is 0. The lowest BCUT2D eigenvalue weighted by Gasteiger charge is -2.37. The number of aliphatic hydroxyl groups is 2. The number of para-hydroxylation sites is 2. The highest BCUT2D eigenvalue weighted by Gasteiger charge is 2.75. The predicted molar refractivity (Wildman–Crippen MR) is 110 cm³/mol. The van der Waals surface area contributed by atoms with E-state index in [1.54, 1.807) is 60.7 Å². The molecular weight excluding hydrogens is 372 g/mol. The fraction of sp³-hybridized carbons (Fsp3) is 0.0909. The van der Waals surface area contributed by atoms with Crippen molar-refractivity contribution in [1.82, 2.24) is 0 Å². The van der Waals surface area contributed by atoms with Gasteiger partial charge in [0.15, 0.2) is 5.11 Å². The minimum atomic E-state index is -2.29. The predicted octanol–water partition coefficient (Wildman–Crippen LogP) is 3.03. The Morgan fingerprint density at radius 2 is 1.14 bits per heavy atom. The van der Waals surface area contributed by atoms with Crippen LogP contribution in [0.2, 0.25) is 0 Å². The molecule has 2 atom stereocenters. The number of hydrogen-bond donors (Lipinski definition) is 2. The lowest BCUT2D eigenvalue weighted by atomic mass is 9.97. The molecule has 0 spiro atoms. The molecule has 6 heteroatoms. The number of rotatable bonds is 2. The number of thiocarbonyl (C=S) groups is 1. The molecule has 1 saturated heterocycles. The molecule has 3 aromatic carbocycles. The van der Waals surface area contributed by atoms with E-state index in [9.17, 15) is 15.0 Å². The minimum absolute atomic E-state index is 0.144. The maximum absolute atomic E-state index is 13.4. The lowest BCUT2D eigenvalue weighted by Crippen LogP contribution is -2.60. The van der Waals surface area contributed by atoms with Crippen molar-refractivity contribution in [2.24, 2.45) is 0 Å². The van der Waals surface area contributed by atoms with E-state index in [1.165, 1.54) is 9.80 Å². The molecule has 138 valence electrons. The number of anilines is 2. The second-order valence-electron chi connectivity index (χ2n) is 6.84. The van der Waals surface area contributed by atoms with Gasteiger partial charge in [-0.1, -0.05) is 60.7 Å². The fourth-order valence-electron chi connectivity index (χ4n) is 4.18. The zero-order chi connectivity index (χ0) is 19.5. The highest BCUT2D eigenvalue weighted by atomic mass is 32.1. The van der Waals surface area contributed by atoms with Crippen LogP contribution in [0.15, 0.2) is 84.9 Å². The van der Waals surface area contributed by atoms with E-state index < -0.39 is 17.2 Å². The van der Waals surface area contributed by atoms with Crippen LogP contribution in [0.1, 0.15) is 15.9 Å². The number of ketones is 1. The summed E-state index contributed by atoms with van der Waals surface area (Å²) >= 11 is 5.69. The van der Waals surface area contributed by atoms with Crippen molar-refractivity contribution < 1.29 is 15.0 Å². The maximum Gasteiger partial charge on any atom is 0.263 e. The van der Waals surface area contributed by atoms with Crippen molar-refractivity contribution in [3.8, 4) is 0 Å². The van der Waals surface area contributed by atoms with Crippen LogP contribution in [0.25, 0.3) is 0 Å². The topological polar surface area (TPSA) is 64.0 Å². The summed E-state index contributed by atoms with van der Waals surface area (Å²) < 4.78 is 0. The Labute approximate surface area is 167 Å². The van der Waals surface area contributed by atoms with Crippen molar-refractivity contribution in [2.75, 3.05) is 9.80 Å². The molecule has 0 saturated carbocycles. The third-order valence-electron chi connectivity index (χ3n) is 5.41. The van der Waals surface area contributed by atoms with Crippen molar-refractivity contribution in [3.63, 3.8) is 0 Å². The summed E-state index contributed by atoms with van der Waals surface area (Å²) in [4.78, 5) is 16.2. The van der Waals surface area contributed by atoms with E-state index in [1.807, 2.05) is 24.3 Å². The third-order valence-corrected chi connectivity index (χ3v) is 5.77. The molecule has 28 heavy (non-hydrogen) atoms. The van der Waals surface area contributed by atoms with E-state index in [0.717, 1.165) is 0 Å². The molecule has 2 aliphatic rings. The molecule has 0 unspecified atom stereocenters. The molecule has 5 rings (SSSR count). The first-order valence-corrected chi connectivity index (χ1v) is 9.25. The standard InChI is InChI=1S/C22H16N2O3S/c25-19-17-13-7-8-14-18(17)21(26)22(19,27)24(16-11-5-2-6-12-16)20(28)23(21)15-9-3-1-4-10-15/h1-14,26-27H/t21-,22+/m0/s1. The van der Waals surface area contributed by atoms with Crippen molar-refractivity contribution in [2.45, 2.75) is 11.4 Å². The minimum Gasteiger partial charge on any atom is -0.362 e. The second-order valence-corrected chi connectivity index (χ2v) is 7.21. The largest absolute Gasteiger partial charge is 0.362 e. The molecule has 0 bridgehead atoms. The number of benzene rings is 3. The SMILES string of the molecule is O=C1c2ccccc2[C@@]2(O)N(c3ccccc3)C(=S)N(c3ccccc3)[C@@]12O. The highest BCUT2D eigenvalue weighted by molar-refractivity contribution is 7.80. The van der Waals surface area contributed by atoms with Gasteiger partial charge in [0.2, 0.25) is 11.5 Å². The summed E-state index contributed by atoms with van der Waals surface area (Å²) in [7, 11) is 0. The molecule has 1 aliphatic heterocycles. The Kier molecular flexibility index (Phi) is 3.49. The van der Waals surface area contributed by atoms with Gasteiger partial charge in [0.25, 0.3) is 5.72 Å². The summed E-state index contributed by atoms with van der Waals surface area (Å²) in [5.74, 6) is -0.588. The van der Waals surface area contributed by atoms with E-state index in [0.29, 0.717) is 16.9 Å². The van der Waals surface area contributed by atoms with Crippen LogP contribution >= 0.6 is 12.2 Å². The lowest BCUT2D eigenvalue weighted by molar-refractivity contribution is -0.0981. The zero-order valence-electron chi connectivity index (χ0n) is 14.7. The van der Waals surface area contributed by atoms with Gasteiger partial charge >= 0.3 is 0 Å². The molecule has 0 radical (unpaired) electrons. The molecule has 1 aliphatic carbocycles. The van der Waals surface area contributed by atoms with Crippen LogP contribution in [-0.2, 0) is 5.72 Å². The summed E-state index contributed by atoms with van der Waals surface area (Å²) in [6.07, 6.45) is 0. The van der Waals surface area contributed by atoms with Crippen LogP contribution in [0.4, 0.5) is 11.4 Å². The average molecular weight is 388 g/mol. The van der Waals surface area contributed by atoms with Crippen LogP contribution in [0.5, 0.6) is 0 Å². The number of hydrogen-bond acceptors (Lipinski definition) is 4. The first-order chi connectivity index (χ1) is 13.5. The number of carbonyl (C=O) groups is 1. The summed E-state index contributed by atoms with van der Waals surface area (Å²) in [6, 6.07) is 24.6. The first kappa shape index (κ1) is 17.1. The monoisotopic (exact) mass is 388 g/mol. The fourth-order valence-corrected chi connectivity index (χ4v) is 4.65. The van der Waals surface area contributed by atoms with Crippen molar-refractivity contribution in [3.05, 3.63) is 96.1 Å². The first-order valence-electron chi connectivity index (χ1n) is 8.85. The Morgan fingerprint density at radius 1 is 0.679 bits per heavy atom. The van der Waals surface area contributed by atoms with Gasteiger partial charge in [-0.05, 0) is 36.5 Å². The number of Topliss-reactive ketones (excluding diaryl/α,β-unsaturated/α-hetero) is 1. The molecular formula is C22H16N2O3S. The van der Waals surface area contributed by atoms with E-state index in [4.69, 9.17) is 12.2 Å². The van der Waals surface area contributed by atoms with Gasteiger partial charge in [-0.3, -0.25) is 14.6 Å². The van der Waals surface area contributed by atoms with Crippen LogP contribution in [-0.4, -0.2) is 26.8 Å². The second kappa shape index (κ2) is 5.72. The Bertz CT molecular complexity index is 1110. The smallest absolute Gasteiger partial charge is 0.263 e. The van der Waals surface area contributed by atoms with Crippen LogP contribution in [0, 0.1) is 0 Å². The average Bonchev–Trinajstić information content (AvgIpc) is 3.02. The summed E-state index contributed by atoms with van der Waals surface area (Å²) in [5, 5.41) is 23.9. The van der Waals surface area contributed by atoms with Gasteiger partial charge in [0.05, 0.1) is 0 Å². The quantitative estimate of drug-likeness (QED) is 0.658. The van der Waals surface area contributed by atoms with Gasteiger partial charge in [0.1, 0.15) is 0 Å². The van der Waals surface area contributed by atoms with Gasteiger partial charge in [-0.25, -0.2) is 0 Å². The number of carbonyl (C=O) groups excluding carboxylic acids is 1. The number of nitrogens with zero attached hydrogens (tertiary/aromatic N) is 2. The van der Waals surface area contributed by atoms with Gasteiger partial charge < -0.3 is 10.2 Å². The zero-order valence-corrected chi connectivity index (χ0v) is 15.5. The Hall–Kier alpha value is -3.06. The van der Waals surface area contributed by atoms with Crippen molar-refractivity contribution >= 4 is 34.5 Å². The molecule has 2 N–H and O–H groups in total. The van der Waals surface area contributed by atoms with E-state index in [-0.39, 0.29) is 10.7 Å². The molecule has 5 nitrogen and oxygen atoms in total. The summed E-state index contributed by atoms with van der Waals surface area (Å²) in [5.41, 5.74) is -2.65. The van der Waals surface area contributed by atoms with Crippen molar-refractivity contribution in [1.29, 1.82) is 0 Å². The van der Waals surface area contributed by atoms with Crippen LogP contribution < -0.4 is 9.80 Å². The van der Waals surface area contributed by atoms with E-state index in [2.05, 4.69) is 0 Å². The van der Waals surface area contributed by atoms with Gasteiger partial charge in [-0.2, -0.15) is 0 Å². The van der Waals surface area contributed by atoms with Gasteiger partial charge in [-0.15, -0.1) is 0 Å². The Morgan fingerprint density at radius 3 is 1.71 bits per heavy atom. The molecule has 0 aromatic heterocycles.